The maximum Gasteiger partial charge on any atom is 0.310 e. The molecular weight excluding hydrogens is 347 g/mol. The Bertz CT molecular complexity index is 720. The van der Waals surface area contributed by atoms with E-state index >= 15 is 0 Å². The number of anilines is 2. The fraction of sp³-hybridized carbons (Fsp3) is 0.250. The van der Waals surface area contributed by atoms with E-state index in [9.17, 15) is 9.69 Å². The van der Waals surface area contributed by atoms with Crippen molar-refractivity contribution < 1.29 is 14.4 Å². The lowest BCUT2D eigenvalue weighted by molar-refractivity contribution is -0.142. The number of carbonyl (C=O) groups excluding carboxylic acids is 1. The van der Waals surface area contributed by atoms with Gasteiger partial charge in [0.05, 0.1) is 13.0 Å². The van der Waals surface area contributed by atoms with E-state index < -0.39 is 7.79 Å². The molecule has 1 fully saturated rings. The summed E-state index contributed by atoms with van der Waals surface area (Å²) < 4.78 is 9.04. The first-order valence-electron chi connectivity index (χ1n) is 8.69. The highest BCUT2D eigenvalue weighted by Gasteiger charge is 2.47. The van der Waals surface area contributed by atoms with Crippen LogP contribution < -0.4 is 9.34 Å². The molecule has 26 heavy (non-hydrogen) atoms. The molecule has 0 aromatic heterocycles. The van der Waals surface area contributed by atoms with Crippen LogP contribution >= 0.6 is 7.79 Å². The van der Waals surface area contributed by atoms with Crippen molar-refractivity contribution in [3.05, 3.63) is 72.6 Å². The fourth-order valence-corrected chi connectivity index (χ4v) is 6.14. The Morgan fingerprint density at radius 2 is 1.50 bits per heavy atom. The van der Waals surface area contributed by atoms with E-state index in [0.29, 0.717) is 25.0 Å². The summed E-state index contributed by atoms with van der Waals surface area (Å²) >= 11 is 0. The molecule has 2 aromatic carbocycles. The van der Waals surface area contributed by atoms with Crippen LogP contribution in [0.25, 0.3) is 0 Å². The lowest BCUT2D eigenvalue weighted by atomic mass is 10.3. The molecule has 0 amide bonds. The molecule has 0 atom stereocenters. The number of para-hydroxylation sites is 2. The Morgan fingerprint density at radius 3 is 1.92 bits per heavy atom. The molecule has 1 saturated heterocycles. The van der Waals surface area contributed by atoms with Crippen molar-refractivity contribution in [2.24, 2.45) is 0 Å². The third kappa shape index (κ3) is 3.46. The number of ether oxygens (including phenoxy) is 1. The van der Waals surface area contributed by atoms with Crippen LogP contribution in [0.15, 0.2) is 72.6 Å². The van der Waals surface area contributed by atoms with Crippen molar-refractivity contribution >= 4 is 25.1 Å². The Morgan fingerprint density at radius 1 is 1.04 bits per heavy atom. The highest BCUT2D eigenvalue weighted by Crippen LogP contribution is 2.72. The number of rotatable bonds is 6. The van der Waals surface area contributed by atoms with Crippen LogP contribution in [0, 0.1) is 0 Å². The maximum atomic E-state index is 12.0. The van der Waals surface area contributed by atoms with E-state index in [1.54, 1.807) is 6.92 Å². The minimum atomic E-state index is -2.98. The first-order valence-corrected chi connectivity index (χ1v) is 10.3. The quantitative estimate of drug-likeness (QED) is 0.608. The van der Waals surface area contributed by atoms with Gasteiger partial charge in [0.15, 0.2) is 7.79 Å². The minimum Gasteiger partial charge on any atom is -0.466 e. The largest absolute Gasteiger partial charge is 0.466 e. The number of esters is 1. The van der Waals surface area contributed by atoms with Gasteiger partial charge in [-0.15, -0.1) is 0 Å². The van der Waals surface area contributed by atoms with Gasteiger partial charge in [-0.25, -0.2) is 0 Å². The summed E-state index contributed by atoms with van der Waals surface area (Å²) in [6.45, 7) is 7.50. The van der Waals surface area contributed by atoms with Crippen LogP contribution in [-0.4, -0.2) is 30.6 Å². The fourth-order valence-electron chi connectivity index (χ4n) is 3.21. The number of hydrogen-bond donors (Lipinski definition) is 1. The minimum absolute atomic E-state index is 0.00475. The molecule has 1 radical (unpaired) electrons. The second-order valence-corrected chi connectivity index (χ2v) is 8.77. The molecule has 1 N–H and O–H groups in total. The molecular formula is C20H24N2O3P. The molecule has 0 saturated carbocycles. The zero-order valence-corrected chi connectivity index (χ0v) is 15.8. The topological polar surface area (TPSA) is 53.0 Å². The standard InChI is InChI=1S/C20H24N2O3P/c1-3-25-20(23)16-17(2)26(24)21(18-10-6-4-7-11-18)14-15-22(26)19-12-8-5-9-13-19/h4-13,24H,2-3,14-16H2,1H3. The van der Waals surface area contributed by atoms with E-state index in [4.69, 9.17) is 4.74 Å². The van der Waals surface area contributed by atoms with Gasteiger partial charge in [0.2, 0.25) is 0 Å². The first kappa shape index (κ1) is 18.4. The van der Waals surface area contributed by atoms with Gasteiger partial charge >= 0.3 is 5.97 Å². The lowest BCUT2D eigenvalue weighted by Gasteiger charge is -2.43. The third-order valence-corrected chi connectivity index (χ3v) is 7.60. The number of hydrogen-bond acceptors (Lipinski definition) is 5. The van der Waals surface area contributed by atoms with Gasteiger partial charge in [-0.1, -0.05) is 43.0 Å². The monoisotopic (exact) mass is 371 g/mol. The first-order chi connectivity index (χ1) is 12.6. The van der Waals surface area contributed by atoms with Gasteiger partial charge in [0, 0.05) is 29.8 Å². The SMILES string of the molecule is C=C(CC(=O)OCC)[P]1(O)N(c2ccccc2)CCN1c1ccccc1. The summed E-state index contributed by atoms with van der Waals surface area (Å²) in [5, 5.41) is 0.501. The number of carbonyl (C=O) groups is 1. The van der Waals surface area contributed by atoms with Crippen molar-refractivity contribution in [2.75, 3.05) is 29.0 Å². The van der Waals surface area contributed by atoms with E-state index in [-0.39, 0.29) is 12.4 Å². The normalized spacial score (nSPS) is 15.8. The molecule has 0 bridgehead atoms. The molecule has 1 aliphatic heterocycles. The third-order valence-electron chi connectivity index (χ3n) is 4.38. The molecule has 2 aromatic rings. The van der Waals surface area contributed by atoms with Crippen molar-refractivity contribution in [1.29, 1.82) is 0 Å². The van der Waals surface area contributed by atoms with Gasteiger partial charge in [0.25, 0.3) is 0 Å². The average Bonchev–Trinajstić information content (AvgIpc) is 3.02. The van der Waals surface area contributed by atoms with E-state index in [1.807, 2.05) is 70.0 Å². The van der Waals surface area contributed by atoms with Crippen molar-refractivity contribution in [2.45, 2.75) is 13.3 Å². The van der Waals surface area contributed by atoms with Gasteiger partial charge in [-0.2, -0.15) is 0 Å². The van der Waals surface area contributed by atoms with E-state index in [2.05, 4.69) is 6.58 Å². The van der Waals surface area contributed by atoms with Crippen LogP contribution in [0.4, 0.5) is 11.4 Å². The predicted octanol–water partition coefficient (Wildman–Crippen LogP) is 4.24. The molecule has 137 valence electrons. The summed E-state index contributed by atoms with van der Waals surface area (Å²) in [7, 11) is -2.98. The molecule has 1 heterocycles. The second kappa shape index (κ2) is 7.90. The van der Waals surface area contributed by atoms with Gasteiger partial charge in [-0.3, -0.25) is 4.79 Å². The molecule has 1 aliphatic rings. The predicted molar refractivity (Wildman–Crippen MR) is 107 cm³/mol. The van der Waals surface area contributed by atoms with Crippen LogP contribution in [-0.2, 0) is 9.53 Å². The molecule has 5 nitrogen and oxygen atoms in total. The molecule has 3 rings (SSSR count). The average molecular weight is 371 g/mol. The van der Waals surface area contributed by atoms with E-state index in [1.165, 1.54) is 0 Å². The summed E-state index contributed by atoms with van der Waals surface area (Å²) in [5.74, 6) is -0.362. The Kier molecular flexibility index (Phi) is 5.60. The summed E-state index contributed by atoms with van der Waals surface area (Å²) in [4.78, 5) is 23.9. The van der Waals surface area contributed by atoms with Crippen LogP contribution in [0.1, 0.15) is 13.3 Å². The Hall–Kier alpha value is -2.36. The van der Waals surface area contributed by atoms with Gasteiger partial charge in [0.1, 0.15) is 0 Å². The molecule has 6 heteroatoms. The van der Waals surface area contributed by atoms with E-state index in [0.717, 1.165) is 11.4 Å². The molecule has 0 spiro atoms. The van der Waals surface area contributed by atoms with Gasteiger partial charge in [-0.05, 0) is 31.2 Å². The van der Waals surface area contributed by atoms with Crippen molar-refractivity contribution in [3.63, 3.8) is 0 Å². The summed E-state index contributed by atoms with van der Waals surface area (Å²) in [6, 6.07) is 19.5. The smallest absolute Gasteiger partial charge is 0.310 e. The summed E-state index contributed by atoms with van der Waals surface area (Å²) in [6.07, 6.45) is 0.00475. The molecule has 0 unspecified atom stereocenters. The van der Waals surface area contributed by atoms with Crippen molar-refractivity contribution in [1.82, 2.24) is 0 Å². The van der Waals surface area contributed by atoms with Crippen molar-refractivity contribution in [3.8, 4) is 0 Å². The highest BCUT2D eigenvalue weighted by molar-refractivity contribution is 7.77. The zero-order chi connectivity index (χ0) is 18.6. The zero-order valence-electron chi connectivity index (χ0n) is 14.9. The maximum absolute atomic E-state index is 12.0. The summed E-state index contributed by atoms with van der Waals surface area (Å²) in [5.41, 5.74) is 1.85. The number of benzene rings is 2. The second-order valence-electron chi connectivity index (χ2n) is 6.03. The Balaban J connectivity index is 1.98. The Labute approximate surface area is 155 Å². The highest BCUT2D eigenvalue weighted by atomic mass is 31.2. The van der Waals surface area contributed by atoms with Crippen LogP contribution in [0.5, 0.6) is 0 Å². The lowest BCUT2D eigenvalue weighted by Crippen LogP contribution is -2.26. The molecule has 0 aliphatic carbocycles. The number of nitrogens with zero attached hydrogens (tertiary/aromatic N) is 2. The van der Waals surface area contributed by atoms with Crippen LogP contribution in [0.2, 0.25) is 0 Å². The van der Waals surface area contributed by atoms with Crippen LogP contribution in [0.3, 0.4) is 0 Å². The van der Waals surface area contributed by atoms with Gasteiger partial charge < -0.3 is 19.0 Å².